The van der Waals surface area contributed by atoms with Crippen molar-refractivity contribution in [3.8, 4) is 0 Å². The zero-order chi connectivity index (χ0) is 19.1. The molecular formula is C22H21FN2O2. The summed E-state index contributed by atoms with van der Waals surface area (Å²) in [6, 6.07) is 12.2. The van der Waals surface area contributed by atoms with Crippen molar-refractivity contribution in [2.75, 3.05) is 7.11 Å². The number of esters is 1. The highest BCUT2D eigenvalue weighted by molar-refractivity contribution is 5.91. The number of allylic oxidation sites excluding steroid dienone is 1. The summed E-state index contributed by atoms with van der Waals surface area (Å²) in [4.78, 5) is 16.2. The van der Waals surface area contributed by atoms with Gasteiger partial charge < -0.3 is 9.30 Å². The van der Waals surface area contributed by atoms with Gasteiger partial charge in [-0.05, 0) is 47.7 Å². The molecule has 0 N–H and O–H groups in total. The molecule has 0 bridgehead atoms. The number of imidazole rings is 1. The fourth-order valence-electron chi connectivity index (χ4n) is 2.85. The third kappa shape index (κ3) is 5.14. The van der Waals surface area contributed by atoms with Crippen molar-refractivity contribution in [1.82, 2.24) is 9.55 Å². The molecule has 3 rings (SSSR count). The van der Waals surface area contributed by atoms with Crippen LogP contribution in [0.15, 0.2) is 67.3 Å². The van der Waals surface area contributed by atoms with Crippen LogP contribution in [-0.4, -0.2) is 22.6 Å². The lowest BCUT2D eigenvalue weighted by atomic mass is 9.97. The van der Waals surface area contributed by atoms with E-state index < -0.39 is 0 Å². The van der Waals surface area contributed by atoms with Gasteiger partial charge in [0.05, 0.1) is 19.0 Å². The van der Waals surface area contributed by atoms with Crippen LogP contribution in [-0.2, 0) is 24.1 Å². The van der Waals surface area contributed by atoms with Crippen LogP contribution >= 0.6 is 0 Å². The zero-order valence-corrected chi connectivity index (χ0v) is 15.1. The van der Waals surface area contributed by atoms with Gasteiger partial charge in [0, 0.05) is 18.9 Å². The van der Waals surface area contributed by atoms with E-state index in [0.29, 0.717) is 18.5 Å². The molecule has 0 fully saturated rings. The quantitative estimate of drug-likeness (QED) is 0.587. The number of hydrogen-bond donors (Lipinski definition) is 0. The van der Waals surface area contributed by atoms with Gasteiger partial charge in [0.15, 0.2) is 0 Å². The fraction of sp³-hybridized carbons (Fsp3) is 0.182. The van der Waals surface area contributed by atoms with Gasteiger partial charge >= 0.3 is 5.97 Å². The summed E-state index contributed by atoms with van der Waals surface area (Å²) in [7, 11) is 1.38. The Morgan fingerprint density at radius 2 is 2.00 bits per heavy atom. The number of ether oxygens (including phenoxy) is 1. The van der Waals surface area contributed by atoms with Gasteiger partial charge in [-0.25, -0.2) is 14.2 Å². The van der Waals surface area contributed by atoms with E-state index in [1.54, 1.807) is 24.7 Å². The lowest BCUT2D eigenvalue weighted by Gasteiger charge is -2.09. The molecule has 0 aliphatic rings. The number of halogens is 1. The summed E-state index contributed by atoms with van der Waals surface area (Å²) in [6.45, 7) is 0.708. The van der Waals surface area contributed by atoms with Crippen LogP contribution in [0.1, 0.15) is 27.0 Å². The molecule has 1 heterocycles. The Balaban J connectivity index is 1.73. The van der Waals surface area contributed by atoms with E-state index in [9.17, 15) is 9.18 Å². The Morgan fingerprint density at radius 3 is 2.70 bits per heavy atom. The number of aromatic nitrogens is 2. The maximum absolute atomic E-state index is 13.0. The smallest absolute Gasteiger partial charge is 0.338 e. The second-order valence-electron chi connectivity index (χ2n) is 6.20. The maximum atomic E-state index is 13.0. The van der Waals surface area contributed by atoms with Crippen molar-refractivity contribution in [3.05, 3.63) is 95.3 Å². The molecule has 0 saturated carbocycles. The van der Waals surface area contributed by atoms with E-state index >= 15 is 0 Å². The van der Waals surface area contributed by atoms with E-state index in [1.807, 2.05) is 41.1 Å². The minimum absolute atomic E-state index is 0.249. The molecule has 138 valence electrons. The largest absolute Gasteiger partial charge is 0.465 e. The van der Waals surface area contributed by atoms with E-state index in [4.69, 9.17) is 4.74 Å². The van der Waals surface area contributed by atoms with Crippen molar-refractivity contribution in [2.24, 2.45) is 0 Å². The minimum Gasteiger partial charge on any atom is -0.465 e. The van der Waals surface area contributed by atoms with Crippen LogP contribution in [0.2, 0.25) is 0 Å². The van der Waals surface area contributed by atoms with E-state index in [1.165, 1.54) is 19.2 Å². The van der Waals surface area contributed by atoms with Gasteiger partial charge in [-0.2, -0.15) is 0 Å². The number of nitrogens with zero attached hydrogens (tertiary/aromatic N) is 2. The normalized spacial score (nSPS) is 11.0. The average molecular weight is 364 g/mol. The van der Waals surface area contributed by atoms with E-state index in [2.05, 4.69) is 4.98 Å². The maximum Gasteiger partial charge on any atom is 0.338 e. The lowest BCUT2D eigenvalue weighted by molar-refractivity contribution is 0.0599. The third-order valence-corrected chi connectivity index (χ3v) is 4.32. The first kappa shape index (κ1) is 18.6. The van der Waals surface area contributed by atoms with Crippen LogP contribution < -0.4 is 0 Å². The topological polar surface area (TPSA) is 44.1 Å². The van der Waals surface area contributed by atoms with Gasteiger partial charge in [-0.3, -0.25) is 0 Å². The number of benzene rings is 2. The Kier molecular flexibility index (Phi) is 6.15. The molecule has 5 heteroatoms. The van der Waals surface area contributed by atoms with E-state index in [-0.39, 0.29) is 11.8 Å². The molecule has 0 aliphatic heterocycles. The Labute approximate surface area is 157 Å². The lowest BCUT2D eigenvalue weighted by Crippen LogP contribution is -2.07. The van der Waals surface area contributed by atoms with Gasteiger partial charge in [0.1, 0.15) is 5.82 Å². The molecule has 0 radical (unpaired) electrons. The molecule has 0 atom stereocenters. The number of methoxy groups -OCH3 is 1. The minimum atomic E-state index is -0.353. The second-order valence-corrected chi connectivity index (χ2v) is 6.20. The first-order chi connectivity index (χ1) is 13.2. The van der Waals surface area contributed by atoms with Crippen molar-refractivity contribution >= 4 is 12.0 Å². The molecule has 0 aliphatic carbocycles. The van der Waals surface area contributed by atoms with Crippen LogP contribution in [0.3, 0.4) is 0 Å². The average Bonchev–Trinajstić information content (AvgIpc) is 3.21. The number of hydrogen-bond acceptors (Lipinski definition) is 3. The summed E-state index contributed by atoms with van der Waals surface area (Å²) < 4.78 is 19.9. The molecule has 27 heavy (non-hydrogen) atoms. The van der Waals surface area contributed by atoms with Crippen LogP contribution in [0.5, 0.6) is 0 Å². The Hall–Kier alpha value is -3.21. The van der Waals surface area contributed by atoms with Crippen molar-refractivity contribution in [1.29, 1.82) is 0 Å². The van der Waals surface area contributed by atoms with E-state index in [0.717, 1.165) is 23.1 Å². The summed E-state index contributed by atoms with van der Waals surface area (Å²) >= 11 is 0. The highest BCUT2D eigenvalue weighted by Gasteiger charge is 2.12. The molecule has 4 nitrogen and oxygen atoms in total. The first-order valence-electron chi connectivity index (χ1n) is 8.73. The molecule has 0 saturated heterocycles. The predicted octanol–water partition coefficient (Wildman–Crippen LogP) is 4.31. The van der Waals surface area contributed by atoms with Crippen LogP contribution in [0.25, 0.3) is 6.08 Å². The molecule has 2 aromatic carbocycles. The first-order valence-corrected chi connectivity index (χ1v) is 8.73. The number of aryl methyl sites for hydroxylation is 2. The zero-order valence-electron chi connectivity index (χ0n) is 15.1. The number of carbonyl (C=O) groups is 1. The van der Waals surface area contributed by atoms with Crippen LogP contribution in [0, 0.1) is 5.82 Å². The summed E-state index contributed by atoms with van der Waals surface area (Å²) in [6.07, 6.45) is 10.8. The molecule has 0 spiro atoms. The number of rotatable bonds is 7. The van der Waals surface area contributed by atoms with Gasteiger partial charge in [-0.15, -0.1) is 0 Å². The van der Waals surface area contributed by atoms with Crippen molar-refractivity contribution in [2.45, 2.75) is 19.4 Å². The number of carbonyl (C=O) groups excluding carboxylic acids is 1. The fourth-order valence-corrected chi connectivity index (χ4v) is 2.85. The van der Waals surface area contributed by atoms with Crippen LogP contribution in [0.4, 0.5) is 4.39 Å². The van der Waals surface area contributed by atoms with Crippen molar-refractivity contribution < 1.29 is 13.9 Å². The van der Waals surface area contributed by atoms with Gasteiger partial charge in [0.25, 0.3) is 0 Å². The molecular weight excluding hydrogens is 343 g/mol. The van der Waals surface area contributed by atoms with Gasteiger partial charge in [-0.1, -0.05) is 36.4 Å². The Bertz CT molecular complexity index is 916. The third-order valence-electron chi connectivity index (χ3n) is 4.32. The highest BCUT2D eigenvalue weighted by atomic mass is 19.1. The molecule has 0 unspecified atom stereocenters. The second kappa shape index (κ2) is 8.94. The summed E-state index contributed by atoms with van der Waals surface area (Å²) in [5.41, 5.74) is 3.43. The summed E-state index contributed by atoms with van der Waals surface area (Å²) in [5, 5.41) is 0. The van der Waals surface area contributed by atoms with Gasteiger partial charge in [0.2, 0.25) is 0 Å². The Morgan fingerprint density at radius 1 is 1.19 bits per heavy atom. The SMILES string of the molecule is COC(=O)c1cc(/C=C/Cn2ccnc2)ccc1CCc1ccc(F)cc1. The van der Waals surface area contributed by atoms with Crippen molar-refractivity contribution in [3.63, 3.8) is 0 Å². The highest BCUT2D eigenvalue weighted by Crippen LogP contribution is 2.18. The predicted molar refractivity (Wildman–Crippen MR) is 103 cm³/mol. The summed E-state index contributed by atoms with van der Waals surface area (Å²) in [5.74, 6) is -0.602. The molecule has 3 aromatic rings. The molecule has 0 amide bonds. The molecule has 1 aromatic heterocycles. The standard InChI is InChI=1S/C22H21FN2O2/c1-27-22(26)21-15-18(3-2-13-25-14-12-24-16-25)5-9-19(21)8-4-17-6-10-20(23)11-7-17/h2-3,5-7,9-12,14-16H,4,8,13H2,1H3/b3-2+. The monoisotopic (exact) mass is 364 g/mol.